The Kier molecular flexibility index (Phi) is 7.44. The van der Waals surface area contributed by atoms with Crippen molar-refractivity contribution in [2.75, 3.05) is 13.6 Å². The number of carbonyl (C=O) groups excluding carboxylic acids is 1. The Labute approximate surface area is 173 Å². The Morgan fingerprint density at radius 1 is 1.24 bits per heavy atom. The first-order valence-corrected chi connectivity index (χ1v) is 11.7. The minimum Gasteiger partial charge on any atom is -0.352 e. The van der Waals surface area contributed by atoms with E-state index in [9.17, 15) is 13.2 Å². The second-order valence-corrected chi connectivity index (χ2v) is 9.60. The zero-order chi connectivity index (χ0) is 20.7. The van der Waals surface area contributed by atoms with E-state index in [0.29, 0.717) is 12.1 Å². The maximum Gasteiger partial charge on any atom is 0.251 e. The van der Waals surface area contributed by atoms with Crippen LogP contribution in [0.3, 0.4) is 0 Å². The first-order chi connectivity index (χ1) is 14.0. The highest BCUT2D eigenvalue weighted by Crippen LogP contribution is 2.26. The standard InChI is InChI=1S/C21H30N4O3S/c1-24(19-9-3-2-4-10-19)29(27,28)20-11-7-8-18(16-20)21(26)23-12-5-6-14-25-15-13-22-17-25/h7-8,11,13,15-17,19H,2-6,9-10,12,14H2,1H3,(H,23,26). The van der Waals surface area contributed by atoms with Crippen molar-refractivity contribution in [3.63, 3.8) is 0 Å². The largest absolute Gasteiger partial charge is 0.352 e. The highest BCUT2D eigenvalue weighted by molar-refractivity contribution is 7.89. The van der Waals surface area contributed by atoms with Gasteiger partial charge in [0, 0.05) is 44.1 Å². The van der Waals surface area contributed by atoms with Gasteiger partial charge in [0.25, 0.3) is 5.91 Å². The van der Waals surface area contributed by atoms with Gasteiger partial charge < -0.3 is 9.88 Å². The Hall–Kier alpha value is -2.19. The fourth-order valence-corrected chi connectivity index (χ4v) is 5.21. The summed E-state index contributed by atoms with van der Waals surface area (Å²) >= 11 is 0. The van der Waals surface area contributed by atoms with Crippen LogP contribution in [0, 0.1) is 0 Å². The summed E-state index contributed by atoms with van der Waals surface area (Å²) in [7, 11) is -1.95. The fraction of sp³-hybridized carbons (Fsp3) is 0.524. The van der Waals surface area contributed by atoms with Crippen LogP contribution in [0.1, 0.15) is 55.3 Å². The number of nitrogens with one attached hydrogen (secondary N) is 1. The van der Waals surface area contributed by atoms with E-state index in [1.54, 1.807) is 37.8 Å². The number of carbonyl (C=O) groups is 1. The van der Waals surface area contributed by atoms with Gasteiger partial charge in [-0.3, -0.25) is 4.79 Å². The molecule has 158 valence electrons. The molecular weight excluding hydrogens is 388 g/mol. The number of hydrogen-bond acceptors (Lipinski definition) is 4. The summed E-state index contributed by atoms with van der Waals surface area (Å²) < 4.78 is 29.5. The number of sulfonamides is 1. The van der Waals surface area contributed by atoms with Crippen LogP contribution < -0.4 is 5.32 Å². The van der Waals surface area contributed by atoms with Crippen molar-refractivity contribution in [3.8, 4) is 0 Å². The number of imidazole rings is 1. The van der Waals surface area contributed by atoms with Crippen LogP contribution in [0.25, 0.3) is 0 Å². The van der Waals surface area contributed by atoms with Crippen molar-refractivity contribution in [3.05, 3.63) is 48.5 Å². The van der Waals surface area contributed by atoms with Crippen molar-refractivity contribution in [2.45, 2.75) is 62.4 Å². The van der Waals surface area contributed by atoms with Crippen molar-refractivity contribution in [1.82, 2.24) is 19.2 Å². The average Bonchev–Trinajstić information content (AvgIpc) is 3.27. The minimum atomic E-state index is -3.60. The molecule has 1 aromatic heterocycles. The van der Waals surface area contributed by atoms with Gasteiger partial charge in [-0.05, 0) is 43.9 Å². The third kappa shape index (κ3) is 5.67. The fourth-order valence-electron chi connectivity index (χ4n) is 3.75. The highest BCUT2D eigenvalue weighted by Gasteiger charge is 2.29. The van der Waals surface area contributed by atoms with Crippen LogP contribution in [-0.4, -0.2) is 47.8 Å². The topological polar surface area (TPSA) is 84.3 Å². The molecule has 0 spiro atoms. The second kappa shape index (κ2) is 10.0. The highest BCUT2D eigenvalue weighted by atomic mass is 32.2. The van der Waals surface area contributed by atoms with E-state index in [0.717, 1.165) is 45.1 Å². The Balaban J connectivity index is 1.55. The molecule has 1 aliphatic rings. The lowest BCUT2D eigenvalue weighted by Gasteiger charge is -2.30. The molecule has 0 radical (unpaired) electrons. The Morgan fingerprint density at radius 3 is 2.76 bits per heavy atom. The van der Waals surface area contributed by atoms with Crippen LogP contribution in [0.5, 0.6) is 0 Å². The van der Waals surface area contributed by atoms with E-state index in [4.69, 9.17) is 0 Å². The zero-order valence-corrected chi connectivity index (χ0v) is 17.8. The number of unbranched alkanes of at least 4 members (excludes halogenated alkanes) is 1. The lowest BCUT2D eigenvalue weighted by molar-refractivity contribution is 0.0952. The molecule has 0 atom stereocenters. The number of nitrogens with zero attached hydrogens (tertiary/aromatic N) is 3. The van der Waals surface area contributed by atoms with Crippen LogP contribution in [-0.2, 0) is 16.6 Å². The van der Waals surface area contributed by atoms with Crippen molar-refractivity contribution >= 4 is 15.9 Å². The second-order valence-electron chi connectivity index (χ2n) is 7.60. The molecule has 3 rings (SSSR count). The summed E-state index contributed by atoms with van der Waals surface area (Å²) in [5.41, 5.74) is 0.373. The SMILES string of the molecule is CN(C1CCCCC1)S(=O)(=O)c1cccc(C(=O)NCCCCn2ccnc2)c1. The van der Waals surface area contributed by atoms with Crippen molar-refractivity contribution in [2.24, 2.45) is 0 Å². The number of aromatic nitrogens is 2. The lowest BCUT2D eigenvalue weighted by atomic mass is 9.96. The molecule has 1 fully saturated rings. The molecule has 1 amide bonds. The van der Waals surface area contributed by atoms with Crippen LogP contribution >= 0.6 is 0 Å². The number of rotatable bonds is 9. The molecule has 1 saturated carbocycles. The molecule has 1 heterocycles. The minimum absolute atomic E-state index is 0.0433. The lowest BCUT2D eigenvalue weighted by Crippen LogP contribution is -2.38. The third-order valence-corrected chi connectivity index (χ3v) is 7.46. The van der Waals surface area contributed by atoms with E-state index < -0.39 is 10.0 Å². The normalized spacial score (nSPS) is 15.5. The summed E-state index contributed by atoms with van der Waals surface area (Å²) in [6.07, 6.45) is 12.3. The van der Waals surface area contributed by atoms with Gasteiger partial charge in [-0.2, -0.15) is 4.31 Å². The summed E-state index contributed by atoms with van der Waals surface area (Å²) in [5.74, 6) is -0.245. The quantitative estimate of drug-likeness (QED) is 0.635. The predicted molar refractivity (Wildman–Crippen MR) is 112 cm³/mol. The average molecular weight is 419 g/mol. The van der Waals surface area contributed by atoms with E-state index in [-0.39, 0.29) is 16.8 Å². The van der Waals surface area contributed by atoms with Gasteiger partial charge in [-0.1, -0.05) is 25.3 Å². The smallest absolute Gasteiger partial charge is 0.251 e. The van der Waals surface area contributed by atoms with Crippen LogP contribution in [0.4, 0.5) is 0 Å². The monoisotopic (exact) mass is 418 g/mol. The molecule has 2 aromatic rings. The number of aryl methyl sites for hydroxylation is 1. The molecule has 0 bridgehead atoms. The molecule has 29 heavy (non-hydrogen) atoms. The van der Waals surface area contributed by atoms with Gasteiger partial charge in [0.2, 0.25) is 10.0 Å². The molecule has 1 aromatic carbocycles. The Bertz CT molecular complexity index is 890. The molecule has 0 unspecified atom stereocenters. The number of benzene rings is 1. The van der Waals surface area contributed by atoms with Gasteiger partial charge >= 0.3 is 0 Å². The first-order valence-electron chi connectivity index (χ1n) is 10.3. The Morgan fingerprint density at radius 2 is 2.03 bits per heavy atom. The van der Waals surface area contributed by atoms with E-state index in [2.05, 4.69) is 10.3 Å². The summed E-state index contributed by atoms with van der Waals surface area (Å²) in [6, 6.07) is 6.38. The first kappa shape index (κ1) is 21.5. The molecular formula is C21H30N4O3S. The van der Waals surface area contributed by atoms with Gasteiger partial charge in [0.1, 0.15) is 0 Å². The van der Waals surface area contributed by atoms with Gasteiger partial charge in [-0.15, -0.1) is 0 Å². The van der Waals surface area contributed by atoms with Gasteiger partial charge in [0.05, 0.1) is 11.2 Å². The van der Waals surface area contributed by atoms with Crippen LogP contribution in [0.2, 0.25) is 0 Å². The molecule has 1 N–H and O–H groups in total. The predicted octanol–water partition coefficient (Wildman–Crippen LogP) is 3.05. The van der Waals surface area contributed by atoms with E-state index in [1.807, 2.05) is 10.8 Å². The molecule has 1 aliphatic carbocycles. The number of amides is 1. The van der Waals surface area contributed by atoms with Crippen molar-refractivity contribution in [1.29, 1.82) is 0 Å². The van der Waals surface area contributed by atoms with E-state index in [1.165, 1.54) is 16.8 Å². The van der Waals surface area contributed by atoms with Gasteiger partial charge in [0.15, 0.2) is 0 Å². The van der Waals surface area contributed by atoms with Crippen LogP contribution in [0.15, 0.2) is 47.9 Å². The molecule has 8 heteroatoms. The van der Waals surface area contributed by atoms with Crippen molar-refractivity contribution < 1.29 is 13.2 Å². The molecule has 0 aliphatic heterocycles. The molecule has 0 saturated heterocycles. The maximum atomic E-state index is 13.0. The third-order valence-electron chi connectivity index (χ3n) is 5.55. The molecule has 7 nitrogen and oxygen atoms in total. The number of hydrogen-bond donors (Lipinski definition) is 1. The van der Waals surface area contributed by atoms with E-state index >= 15 is 0 Å². The maximum absolute atomic E-state index is 13.0. The summed E-state index contributed by atoms with van der Waals surface area (Å²) in [5, 5.41) is 2.88. The summed E-state index contributed by atoms with van der Waals surface area (Å²) in [4.78, 5) is 16.6. The van der Waals surface area contributed by atoms with Gasteiger partial charge in [-0.25, -0.2) is 13.4 Å². The zero-order valence-electron chi connectivity index (χ0n) is 17.0. The summed E-state index contributed by atoms with van der Waals surface area (Å²) in [6.45, 7) is 1.41.